The van der Waals surface area contributed by atoms with Crippen LogP contribution in [0.3, 0.4) is 0 Å². The first-order chi connectivity index (χ1) is 8.06. The summed E-state index contributed by atoms with van der Waals surface area (Å²) < 4.78 is 23.9. The Hall–Kier alpha value is -0.840. The van der Waals surface area contributed by atoms with Crippen molar-refractivity contribution in [2.45, 2.75) is 17.7 Å². The van der Waals surface area contributed by atoms with Gasteiger partial charge in [0.05, 0.1) is 9.92 Å². The van der Waals surface area contributed by atoms with E-state index >= 15 is 0 Å². The van der Waals surface area contributed by atoms with Gasteiger partial charge in [0.15, 0.2) is 0 Å². The third-order valence-electron chi connectivity index (χ3n) is 2.77. The lowest BCUT2D eigenvalue weighted by molar-refractivity contribution is 0.605. The number of benzene rings is 1. The molecule has 0 atom stereocenters. The molecule has 0 aliphatic carbocycles. The highest BCUT2D eigenvalue weighted by molar-refractivity contribution is 7.95. The maximum Gasteiger partial charge on any atom is 0.202 e. The van der Waals surface area contributed by atoms with Gasteiger partial charge in [-0.05, 0) is 43.6 Å². The van der Waals surface area contributed by atoms with Crippen LogP contribution in [0.4, 0.5) is 0 Å². The number of nitrogens with one attached hydrogen (secondary N) is 1. The van der Waals surface area contributed by atoms with Gasteiger partial charge < -0.3 is 5.32 Å². The zero-order valence-electron chi connectivity index (χ0n) is 9.53. The fourth-order valence-electron chi connectivity index (χ4n) is 2.01. The molecule has 0 aromatic heterocycles. The van der Waals surface area contributed by atoms with E-state index in [1.807, 2.05) is 13.1 Å². The molecular formula is C12H14ClNO2S. The number of hydrogen-bond acceptors (Lipinski definition) is 3. The number of rotatable bonds is 4. The van der Waals surface area contributed by atoms with E-state index in [9.17, 15) is 8.42 Å². The van der Waals surface area contributed by atoms with E-state index in [1.54, 1.807) is 12.1 Å². The van der Waals surface area contributed by atoms with E-state index in [1.165, 1.54) is 5.41 Å². The molecule has 1 aromatic carbocycles. The highest BCUT2D eigenvalue weighted by Crippen LogP contribution is 2.39. The predicted molar refractivity (Wildman–Crippen MR) is 69.8 cm³/mol. The van der Waals surface area contributed by atoms with Crippen molar-refractivity contribution >= 4 is 27.0 Å². The minimum atomic E-state index is -3.34. The van der Waals surface area contributed by atoms with E-state index in [-0.39, 0.29) is 4.90 Å². The summed E-state index contributed by atoms with van der Waals surface area (Å²) in [4.78, 5) is 0.265. The lowest BCUT2D eigenvalue weighted by Gasteiger charge is -2.05. The summed E-state index contributed by atoms with van der Waals surface area (Å²) in [5, 5.41) is 4.70. The van der Waals surface area contributed by atoms with Crippen LogP contribution in [0.15, 0.2) is 28.5 Å². The molecule has 1 heterocycles. The van der Waals surface area contributed by atoms with Crippen LogP contribution in [0.1, 0.15) is 18.4 Å². The summed E-state index contributed by atoms with van der Waals surface area (Å²) in [6.07, 6.45) is 1.65. The fraction of sp³-hybridized carbons (Fsp3) is 0.333. The van der Waals surface area contributed by atoms with Gasteiger partial charge in [-0.15, -0.1) is 0 Å². The van der Waals surface area contributed by atoms with Crippen molar-refractivity contribution in [3.8, 4) is 0 Å². The third-order valence-corrected chi connectivity index (χ3v) is 4.80. The SMILES string of the molecule is CNCCCC1=CS(=O)(=O)c2c(Cl)cccc21. The third kappa shape index (κ3) is 2.39. The Kier molecular flexibility index (Phi) is 3.56. The van der Waals surface area contributed by atoms with E-state index in [4.69, 9.17) is 11.6 Å². The van der Waals surface area contributed by atoms with Gasteiger partial charge in [0.25, 0.3) is 0 Å². The molecule has 3 nitrogen and oxygen atoms in total. The molecule has 0 amide bonds. The van der Waals surface area contributed by atoms with Gasteiger partial charge in [-0.25, -0.2) is 8.42 Å². The molecule has 1 aromatic rings. The van der Waals surface area contributed by atoms with Gasteiger partial charge in [-0.1, -0.05) is 23.7 Å². The Morgan fingerprint density at radius 3 is 2.82 bits per heavy atom. The Morgan fingerprint density at radius 1 is 1.35 bits per heavy atom. The molecule has 0 spiro atoms. The van der Waals surface area contributed by atoms with Crippen molar-refractivity contribution < 1.29 is 8.42 Å². The molecular weight excluding hydrogens is 258 g/mol. The number of allylic oxidation sites excluding steroid dienone is 1. The second-order valence-electron chi connectivity index (χ2n) is 4.01. The molecule has 0 fully saturated rings. The lowest BCUT2D eigenvalue weighted by atomic mass is 10.0. The number of sulfone groups is 1. The topological polar surface area (TPSA) is 46.2 Å². The average Bonchev–Trinajstić information content (AvgIpc) is 2.52. The van der Waals surface area contributed by atoms with Crippen molar-refractivity contribution in [3.05, 3.63) is 34.2 Å². The number of fused-ring (bicyclic) bond motifs is 1. The minimum Gasteiger partial charge on any atom is -0.320 e. The molecule has 0 unspecified atom stereocenters. The van der Waals surface area contributed by atoms with Crippen LogP contribution in [0.25, 0.3) is 5.57 Å². The molecule has 1 aliphatic rings. The largest absolute Gasteiger partial charge is 0.320 e. The first kappa shape index (κ1) is 12.6. The molecule has 2 rings (SSSR count). The van der Waals surface area contributed by atoms with Crippen molar-refractivity contribution in [2.24, 2.45) is 0 Å². The summed E-state index contributed by atoms with van der Waals surface area (Å²) in [5.41, 5.74) is 1.62. The van der Waals surface area contributed by atoms with Crippen LogP contribution in [0.5, 0.6) is 0 Å². The Bertz CT molecular complexity index is 564. The zero-order chi connectivity index (χ0) is 12.5. The maximum atomic E-state index is 11.9. The maximum absolute atomic E-state index is 11.9. The van der Waals surface area contributed by atoms with Gasteiger partial charge in [0.2, 0.25) is 9.84 Å². The Balaban J connectivity index is 2.37. The van der Waals surface area contributed by atoms with E-state index in [0.29, 0.717) is 5.02 Å². The molecule has 0 saturated carbocycles. The van der Waals surface area contributed by atoms with Gasteiger partial charge in [-0.2, -0.15) is 0 Å². The van der Waals surface area contributed by atoms with Crippen molar-refractivity contribution in [2.75, 3.05) is 13.6 Å². The van der Waals surface area contributed by atoms with Crippen LogP contribution in [0, 0.1) is 0 Å². The van der Waals surface area contributed by atoms with Crippen LogP contribution >= 0.6 is 11.6 Å². The summed E-state index contributed by atoms with van der Waals surface area (Å²) in [5.74, 6) is 0. The summed E-state index contributed by atoms with van der Waals surface area (Å²) in [6, 6.07) is 5.22. The van der Waals surface area contributed by atoms with Crippen molar-refractivity contribution in [1.82, 2.24) is 5.32 Å². The van der Waals surface area contributed by atoms with Crippen LogP contribution in [-0.2, 0) is 9.84 Å². The first-order valence-electron chi connectivity index (χ1n) is 5.45. The molecule has 5 heteroatoms. The average molecular weight is 272 g/mol. The summed E-state index contributed by atoms with van der Waals surface area (Å²) in [6.45, 7) is 0.868. The first-order valence-corrected chi connectivity index (χ1v) is 7.38. The lowest BCUT2D eigenvalue weighted by Crippen LogP contribution is -2.07. The Labute approximate surface area is 106 Å². The normalized spacial score (nSPS) is 16.7. The quantitative estimate of drug-likeness (QED) is 0.856. The second-order valence-corrected chi connectivity index (χ2v) is 6.15. The molecule has 1 aliphatic heterocycles. The predicted octanol–water partition coefficient (Wildman–Crippen LogP) is 2.47. The molecule has 17 heavy (non-hydrogen) atoms. The van der Waals surface area contributed by atoms with Gasteiger partial charge in [0.1, 0.15) is 0 Å². The van der Waals surface area contributed by atoms with Crippen LogP contribution in [0.2, 0.25) is 5.02 Å². The van der Waals surface area contributed by atoms with E-state index in [2.05, 4.69) is 5.32 Å². The second kappa shape index (κ2) is 4.80. The Morgan fingerprint density at radius 2 is 2.12 bits per heavy atom. The highest BCUT2D eigenvalue weighted by atomic mass is 35.5. The van der Waals surface area contributed by atoms with Crippen LogP contribution in [-0.4, -0.2) is 22.0 Å². The molecule has 1 N–H and O–H groups in total. The minimum absolute atomic E-state index is 0.265. The van der Waals surface area contributed by atoms with Gasteiger partial charge in [0, 0.05) is 5.41 Å². The fourth-order valence-corrected chi connectivity index (χ4v) is 4.09. The molecule has 0 saturated heterocycles. The molecule has 0 bridgehead atoms. The smallest absolute Gasteiger partial charge is 0.202 e. The zero-order valence-corrected chi connectivity index (χ0v) is 11.1. The van der Waals surface area contributed by atoms with Gasteiger partial charge >= 0.3 is 0 Å². The van der Waals surface area contributed by atoms with E-state index in [0.717, 1.165) is 30.5 Å². The summed E-state index contributed by atoms with van der Waals surface area (Å²) >= 11 is 5.96. The standard InChI is InChI=1S/C12H14ClNO2S/c1-14-7-3-4-9-8-17(15,16)12-10(9)5-2-6-11(12)13/h2,5-6,8,14H,3-4,7H2,1H3. The van der Waals surface area contributed by atoms with Gasteiger partial charge in [-0.3, -0.25) is 0 Å². The molecule has 0 radical (unpaired) electrons. The highest BCUT2D eigenvalue weighted by Gasteiger charge is 2.28. The van der Waals surface area contributed by atoms with Crippen molar-refractivity contribution in [1.29, 1.82) is 0 Å². The number of halogens is 1. The molecule has 92 valence electrons. The number of hydrogen-bond donors (Lipinski definition) is 1. The van der Waals surface area contributed by atoms with E-state index < -0.39 is 9.84 Å². The van der Waals surface area contributed by atoms with Crippen LogP contribution < -0.4 is 5.32 Å². The monoisotopic (exact) mass is 271 g/mol. The van der Waals surface area contributed by atoms with Crippen molar-refractivity contribution in [3.63, 3.8) is 0 Å². The summed E-state index contributed by atoms with van der Waals surface area (Å²) in [7, 11) is -1.46.